The molecule has 4 nitrogen and oxygen atoms in total. The number of methoxy groups -OCH3 is 1. The van der Waals surface area contributed by atoms with Crippen molar-refractivity contribution in [2.24, 2.45) is 0 Å². The first-order valence-electron chi connectivity index (χ1n) is 5.23. The summed E-state index contributed by atoms with van der Waals surface area (Å²) in [6, 6.07) is 3.73. The van der Waals surface area contributed by atoms with Crippen LogP contribution >= 0.6 is 0 Å². The first-order valence-corrected chi connectivity index (χ1v) is 5.23. The minimum absolute atomic E-state index is 0.105. The maximum Gasteiger partial charge on any atom is 0.143 e. The second-order valence-electron chi connectivity index (χ2n) is 3.74. The molecule has 1 aliphatic heterocycles. The van der Waals surface area contributed by atoms with Gasteiger partial charge in [-0.15, -0.1) is 0 Å². The molecule has 0 aromatic carbocycles. The van der Waals surface area contributed by atoms with Gasteiger partial charge in [0.25, 0.3) is 0 Å². The lowest BCUT2D eigenvalue weighted by molar-refractivity contribution is 0.129. The highest BCUT2D eigenvalue weighted by Gasteiger charge is 2.26. The molecule has 0 amide bonds. The van der Waals surface area contributed by atoms with Crippen LogP contribution in [-0.4, -0.2) is 29.8 Å². The van der Waals surface area contributed by atoms with Gasteiger partial charge in [0.15, 0.2) is 0 Å². The van der Waals surface area contributed by atoms with Crippen LogP contribution in [0, 0.1) is 0 Å². The lowest BCUT2D eigenvalue weighted by atomic mass is 10.1. The molecular weight excluding hydrogens is 192 g/mol. The van der Waals surface area contributed by atoms with E-state index in [1.54, 1.807) is 19.4 Å². The lowest BCUT2D eigenvalue weighted by Crippen LogP contribution is -2.29. The average molecular weight is 208 g/mol. The molecule has 2 N–H and O–H groups in total. The Morgan fingerprint density at radius 3 is 3.20 bits per heavy atom. The predicted octanol–water partition coefficient (Wildman–Crippen LogP) is 0.876. The van der Waals surface area contributed by atoms with Crippen LogP contribution in [0.25, 0.3) is 0 Å². The van der Waals surface area contributed by atoms with Gasteiger partial charge in [0.05, 0.1) is 7.11 Å². The molecule has 2 heterocycles. The molecule has 2 atom stereocenters. The summed E-state index contributed by atoms with van der Waals surface area (Å²) in [6.07, 6.45) is 3.19. The van der Waals surface area contributed by atoms with Crippen molar-refractivity contribution in [2.45, 2.75) is 25.0 Å². The van der Waals surface area contributed by atoms with E-state index in [1.807, 2.05) is 6.07 Å². The van der Waals surface area contributed by atoms with Gasteiger partial charge < -0.3 is 15.2 Å². The Labute approximate surface area is 89.3 Å². The third-order valence-corrected chi connectivity index (χ3v) is 2.78. The fourth-order valence-electron chi connectivity index (χ4n) is 1.97. The van der Waals surface area contributed by atoms with Crippen LogP contribution in [0.1, 0.15) is 24.6 Å². The second-order valence-corrected chi connectivity index (χ2v) is 3.74. The van der Waals surface area contributed by atoms with Crippen LogP contribution in [-0.2, 0) is 0 Å². The number of nitrogens with zero attached hydrogens (tertiary/aromatic N) is 1. The Morgan fingerprint density at radius 1 is 1.67 bits per heavy atom. The molecule has 1 aromatic heterocycles. The average Bonchev–Trinajstić information content (AvgIpc) is 2.81. The zero-order chi connectivity index (χ0) is 10.7. The van der Waals surface area contributed by atoms with Gasteiger partial charge in [0.1, 0.15) is 17.5 Å². The van der Waals surface area contributed by atoms with Crippen LogP contribution in [0.5, 0.6) is 5.75 Å². The highest BCUT2D eigenvalue weighted by atomic mass is 16.5. The number of aliphatic hydroxyl groups is 1. The molecule has 1 fully saturated rings. The molecule has 0 aliphatic carbocycles. The van der Waals surface area contributed by atoms with Crippen molar-refractivity contribution >= 4 is 0 Å². The van der Waals surface area contributed by atoms with Crippen LogP contribution in [0.15, 0.2) is 18.3 Å². The standard InChI is InChI=1S/C11H16N2O2/c1-15-9-5-3-7-13-10(9)11(14)8-4-2-6-12-8/h3,5,7-8,11-12,14H,2,4,6H2,1H3. The molecule has 4 heteroatoms. The smallest absolute Gasteiger partial charge is 0.143 e. The van der Waals surface area contributed by atoms with E-state index < -0.39 is 6.10 Å². The summed E-state index contributed by atoms with van der Waals surface area (Å²) in [5.41, 5.74) is 0.624. The minimum Gasteiger partial charge on any atom is -0.495 e. The van der Waals surface area contributed by atoms with E-state index in [0.717, 1.165) is 19.4 Å². The van der Waals surface area contributed by atoms with Gasteiger partial charge in [-0.3, -0.25) is 4.98 Å². The molecule has 2 rings (SSSR count). The Bertz CT molecular complexity index is 324. The Hall–Kier alpha value is -1.13. The minimum atomic E-state index is -0.580. The topological polar surface area (TPSA) is 54.4 Å². The van der Waals surface area contributed by atoms with Gasteiger partial charge in [0, 0.05) is 12.2 Å². The van der Waals surface area contributed by atoms with E-state index in [-0.39, 0.29) is 6.04 Å². The summed E-state index contributed by atoms with van der Waals surface area (Å²) in [5.74, 6) is 0.652. The van der Waals surface area contributed by atoms with Gasteiger partial charge in [-0.25, -0.2) is 0 Å². The van der Waals surface area contributed by atoms with Crippen molar-refractivity contribution in [3.63, 3.8) is 0 Å². The number of hydrogen-bond donors (Lipinski definition) is 2. The number of ether oxygens (including phenoxy) is 1. The molecule has 1 aliphatic rings. The van der Waals surface area contributed by atoms with Crippen LogP contribution < -0.4 is 10.1 Å². The molecule has 0 bridgehead atoms. The highest BCUT2D eigenvalue weighted by Crippen LogP contribution is 2.27. The van der Waals surface area contributed by atoms with Gasteiger partial charge in [-0.1, -0.05) is 0 Å². The van der Waals surface area contributed by atoms with Crippen LogP contribution in [0.4, 0.5) is 0 Å². The summed E-state index contributed by atoms with van der Waals surface area (Å²) in [6.45, 7) is 0.969. The van der Waals surface area contributed by atoms with Crippen LogP contribution in [0.3, 0.4) is 0 Å². The Morgan fingerprint density at radius 2 is 2.53 bits per heavy atom. The van der Waals surface area contributed by atoms with Crippen molar-refractivity contribution in [3.05, 3.63) is 24.0 Å². The van der Waals surface area contributed by atoms with Crippen molar-refractivity contribution in [1.29, 1.82) is 0 Å². The summed E-state index contributed by atoms with van der Waals surface area (Å²) in [4.78, 5) is 4.18. The monoisotopic (exact) mass is 208 g/mol. The van der Waals surface area contributed by atoms with Crippen LogP contribution in [0.2, 0.25) is 0 Å². The number of pyridine rings is 1. The van der Waals surface area contributed by atoms with E-state index in [0.29, 0.717) is 11.4 Å². The quantitative estimate of drug-likeness (QED) is 0.774. The third-order valence-electron chi connectivity index (χ3n) is 2.78. The third kappa shape index (κ3) is 2.11. The molecule has 2 unspecified atom stereocenters. The highest BCUT2D eigenvalue weighted by molar-refractivity contribution is 5.29. The predicted molar refractivity (Wildman–Crippen MR) is 56.8 cm³/mol. The maximum absolute atomic E-state index is 10.1. The van der Waals surface area contributed by atoms with Gasteiger partial charge in [0.2, 0.25) is 0 Å². The molecule has 0 saturated carbocycles. The molecule has 1 aromatic rings. The number of hydrogen-bond acceptors (Lipinski definition) is 4. The summed E-state index contributed by atoms with van der Waals surface area (Å²) in [7, 11) is 1.59. The van der Waals surface area contributed by atoms with E-state index in [9.17, 15) is 5.11 Å². The SMILES string of the molecule is COc1cccnc1C(O)C1CCCN1. The molecular formula is C11H16N2O2. The van der Waals surface area contributed by atoms with Crippen molar-refractivity contribution < 1.29 is 9.84 Å². The fourth-order valence-corrected chi connectivity index (χ4v) is 1.97. The molecule has 0 spiro atoms. The number of nitrogens with one attached hydrogen (secondary N) is 1. The maximum atomic E-state index is 10.1. The molecule has 15 heavy (non-hydrogen) atoms. The van der Waals surface area contributed by atoms with Crippen molar-refractivity contribution in [1.82, 2.24) is 10.3 Å². The number of aliphatic hydroxyl groups excluding tert-OH is 1. The van der Waals surface area contributed by atoms with Crippen molar-refractivity contribution in [2.75, 3.05) is 13.7 Å². The van der Waals surface area contributed by atoms with E-state index in [4.69, 9.17) is 4.74 Å². The largest absolute Gasteiger partial charge is 0.495 e. The van der Waals surface area contributed by atoms with Gasteiger partial charge in [-0.05, 0) is 31.5 Å². The number of rotatable bonds is 3. The molecule has 1 saturated heterocycles. The molecule has 82 valence electrons. The fraction of sp³-hybridized carbons (Fsp3) is 0.545. The zero-order valence-corrected chi connectivity index (χ0v) is 8.81. The zero-order valence-electron chi connectivity index (χ0n) is 8.81. The second kappa shape index (κ2) is 4.59. The lowest BCUT2D eigenvalue weighted by Gasteiger charge is -2.19. The van der Waals surface area contributed by atoms with E-state index in [2.05, 4.69) is 10.3 Å². The molecule has 0 radical (unpaired) electrons. The van der Waals surface area contributed by atoms with E-state index in [1.165, 1.54) is 0 Å². The van der Waals surface area contributed by atoms with E-state index >= 15 is 0 Å². The summed E-state index contributed by atoms with van der Waals surface area (Å²) in [5, 5.41) is 13.4. The number of aromatic nitrogens is 1. The normalized spacial score (nSPS) is 22.7. The first-order chi connectivity index (χ1) is 7.33. The van der Waals surface area contributed by atoms with Gasteiger partial charge in [-0.2, -0.15) is 0 Å². The first kappa shape index (κ1) is 10.4. The Kier molecular flexibility index (Phi) is 3.18. The summed E-state index contributed by atoms with van der Waals surface area (Å²) < 4.78 is 5.18. The Balaban J connectivity index is 2.19. The van der Waals surface area contributed by atoms with Crippen molar-refractivity contribution in [3.8, 4) is 5.75 Å². The summed E-state index contributed by atoms with van der Waals surface area (Å²) >= 11 is 0. The van der Waals surface area contributed by atoms with Gasteiger partial charge >= 0.3 is 0 Å².